The first-order valence-electron chi connectivity index (χ1n) is 8.37. The number of imidazole rings is 1. The monoisotopic (exact) mass is 427 g/mol. The summed E-state index contributed by atoms with van der Waals surface area (Å²) in [6.07, 6.45) is 5.70. The molecule has 1 aliphatic rings. The molecule has 4 rings (SSSR count). The van der Waals surface area contributed by atoms with Gasteiger partial charge in [-0.2, -0.15) is 0 Å². The van der Waals surface area contributed by atoms with Gasteiger partial charge in [0.2, 0.25) is 0 Å². The molecular weight excluding hydrogens is 411 g/mol. The second kappa shape index (κ2) is 8.09. The van der Waals surface area contributed by atoms with Crippen LogP contribution in [0.1, 0.15) is 28.4 Å². The molecule has 3 aromatic rings. The summed E-state index contributed by atoms with van der Waals surface area (Å²) in [4.78, 5) is 7.36. The summed E-state index contributed by atoms with van der Waals surface area (Å²) in [7, 11) is 0. The molecule has 8 heteroatoms. The lowest BCUT2D eigenvalue weighted by Crippen LogP contribution is -2.08. The zero-order valence-corrected chi connectivity index (χ0v) is 16.6. The van der Waals surface area contributed by atoms with Crippen LogP contribution in [-0.4, -0.2) is 14.5 Å². The number of benzene rings is 1. The fourth-order valence-corrected chi connectivity index (χ4v) is 4.10. The second-order valence-corrected chi connectivity index (χ2v) is 7.28. The van der Waals surface area contributed by atoms with Gasteiger partial charge in [-0.1, -0.05) is 17.7 Å². The molecule has 1 atom stereocenters. The van der Waals surface area contributed by atoms with Gasteiger partial charge in [-0.3, -0.25) is 4.98 Å². The van der Waals surface area contributed by atoms with Crippen molar-refractivity contribution in [1.82, 2.24) is 14.5 Å². The molecule has 1 aromatic carbocycles. The molecule has 27 heavy (non-hydrogen) atoms. The van der Waals surface area contributed by atoms with Crippen LogP contribution in [0.2, 0.25) is 5.02 Å². The summed E-state index contributed by atoms with van der Waals surface area (Å²) in [5, 5.41) is -0.0556. The maximum Gasteiger partial charge on any atom is 0.177 e. The molecule has 142 valence electrons. The van der Waals surface area contributed by atoms with Crippen LogP contribution >= 0.6 is 36.2 Å². The lowest BCUT2D eigenvalue weighted by atomic mass is 9.95. The Morgan fingerprint density at radius 3 is 2.81 bits per heavy atom. The van der Waals surface area contributed by atoms with Crippen LogP contribution in [0.15, 0.2) is 36.7 Å². The van der Waals surface area contributed by atoms with Crippen LogP contribution in [0.4, 0.5) is 8.78 Å². The van der Waals surface area contributed by atoms with Gasteiger partial charge >= 0.3 is 0 Å². The van der Waals surface area contributed by atoms with Gasteiger partial charge in [0.15, 0.2) is 4.77 Å². The van der Waals surface area contributed by atoms with Crippen molar-refractivity contribution < 1.29 is 8.78 Å². The van der Waals surface area contributed by atoms with Gasteiger partial charge in [0, 0.05) is 41.8 Å². The normalized spacial score (nSPS) is 15.4. The van der Waals surface area contributed by atoms with Gasteiger partial charge < -0.3 is 9.55 Å². The van der Waals surface area contributed by atoms with E-state index in [9.17, 15) is 8.78 Å². The Balaban J connectivity index is 0.00000210. The van der Waals surface area contributed by atoms with E-state index in [1.54, 1.807) is 6.20 Å². The Morgan fingerprint density at radius 1 is 1.26 bits per heavy atom. The minimum atomic E-state index is -0.672. The van der Waals surface area contributed by atoms with Crippen LogP contribution in [0, 0.1) is 16.4 Å². The first-order chi connectivity index (χ1) is 12.5. The molecule has 0 aliphatic carbocycles. The number of fused-ring (bicyclic) bond motifs is 1. The third-order valence-electron chi connectivity index (χ3n) is 4.89. The van der Waals surface area contributed by atoms with E-state index < -0.39 is 11.6 Å². The van der Waals surface area contributed by atoms with E-state index in [2.05, 4.69) is 9.97 Å². The van der Waals surface area contributed by atoms with E-state index >= 15 is 0 Å². The minimum Gasteiger partial charge on any atom is -0.334 e. The van der Waals surface area contributed by atoms with Crippen LogP contribution in [0.25, 0.3) is 0 Å². The van der Waals surface area contributed by atoms with Gasteiger partial charge in [0.05, 0.1) is 5.02 Å². The van der Waals surface area contributed by atoms with Crippen molar-refractivity contribution >= 4 is 36.2 Å². The molecule has 1 aliphatic heterocycles. The van der Waals surface area contributed by atoms with Gasteiger partial charge in [-0.05, 0) is 55.2 Å². The largest absolute Gasteiger partial charge is 0.334 e. The quantitative estimate of drug-likeness (QED) is 0.445. The van der Waals surface area contributed by atoms with Gasteiger partial charge in [-0.25, -0.2) is 8.78 Å². The number of pyridine rings is 1. The van der Waals surface area contributed by atoms with Crippen molar-refractivity contribution in [3.63, 3.8) is 0 Å². The molecule has 2 aromatic heterocycles. The molecule has 0 fully saturated rings. The maximum absolute atomic E-state index is 14.4. The van der Waals surface area contributed by atoms with Crippen molar-refractivity contribution in [2.45, 2.75) is 31.7 Å². The summed E-state index contributed by atoms with van der Waals surface area (Å²) in [6, 6.07) is 6.40. The Morgan fingerprint density at radius 2 is 2.07 bits per heavy atom. The average Bonchev–Trinajstić information content (AvgIpc) is 3.19. The summed E-state index contributed by atoms with van der Waals surface area (Å²) in [5.41, 5.74) is 3.22. The van der Waals surface area contributed by atoms with Crippen LogP contribution in [-0.2, 0) is 25.8 Å². The number of nitrogens with one attached hydrogen (secondary N) is 1. The Kier molecular flexibility index (Phi) is 5.99. The standard InChI is InChI=1S/C19H16ClF2N3S.ClH/c20-13-4-5-14(21)17(18(13)22)12-8-16-15(24-19(26)25(16)10-12)6-3-11-2-1-7-23-9-11;/h1-2,4-5,7,9,12H,3,6,8,10H2,(H,24,26);1H/t12-;/m1./s1. The molecule has 0 unspecified atom stereocenters. The summed E-state index contributed by atoms with van der Waals surface area (Å²) in [6.45, 7) is 0.450. The number of hydrogen-bond acceptors (Lipinski definition) is 2. The van der Waals surface area contributed by atoms with Crippen LogP contribution in [0.5, 0.6) is 0 Å². The third-order valence-corrected chi connectivity index (χ3v) is 5.51. The van der Waals surface area contributed by atoms with Gasteiger partial charge in [0.25, 0.3) is 0 Å². The van der Waals surface area contributed by atoms with Gasteiger partial charge in [0.1, 0.15) is 11.6 Å². The highest BCUT2D eigenvalue weighted by atomic mass is 35.5. The summed E-state index contributed by atoms with van der Waals surface area (Å²) < 4.78 is 31.2. The molecular formula is C19H17Cl2F2N3S. The molecule has 0 radical (unpaired) electrons. The van der Waals surface area contributed by atoms with E-state index in [1.807, 2.05) is 22.9 Å². The summed E-state index contributed by atoms with van der Waals surface area (Å²) >= 11 is 11.3. The van der Waals surface area contributed by atoms with E-state index in [0.29, 0.717) is 17.7 Å². The number of aromatic nitrogens is 3. The van der Waals surface area contributed by atoms with Crippen molar-refractivity contribution in [3.05, 3.63) is 80.6 Å². The zero-order valence-electron chi connectivity index (χ0n) is 14.2. The van der Waals surface area contributed by atoms with Crippen molar-refractivity contribution in [2.24, 2.45) is 0 Å². The Hall–Kier alpha value is -1.76. The maximum atomic E-state index is 14.4. The molecule has 0 saturated heterocycles. The zero-order chi connectivity index (χ0) is 18.3. The molecule has 3 nitrogen and oxygen atoms in total. The predicted molar refractivity (Wildman–Crippen MR) is 106 cm³/mol. The number of nitrogens with zero attached hydrogens (tertiary/aromatic N) is 2. The fourth-order valence-electron chi connectivity index (χ4n) is 3.63. The lowest BCUT2D eigenvalue weighted by Gasteiger charge is -2.13. The molecule has 0 spiro atoms. The van der Waals surface area contributed by atoms with Gasteiger partial charge in [-0.15, -0.1) is 12.4 Å². The van der Waals surface area contributed by atoms with E-state index in [0.717, 1.165) is 29.8 Å². The van der Waals surface area contributed by atoms with E-state index in [1.165, 1.54) is 12.1 Å². The number of aromatic amines is 1. The molecule has 3 heterocycles. The van der Waals surface area contributed by atoms with Crippen LogP contribution in [0.3, 0.4) is 0 Å². The topological polar surface area (TPSA) is 33.6 Å². The number of aryl methyl sites for hydroxylation is 2. The van der Waals surface area contributed by atoms with E-state index in [4.69, 9.17) is 23.8 Å². The number of rotatable bonds is 4. The highest BCUT2D eigenvalue weighted by Gasteiger charge is 2.31. The number of H-pyrrole nitrogens is 1. The van der Waals surface area contributed by atoms with Crippen LogP contribution < -0.4 is 0 Å². The predicted octanol–water partition coefficient (Wildman–Crippen LogP) is 5.42. The average molecular weight is 428 g/mol. The minimum absolute atomic E-state index is 0. The van der Waals surface area contributed by atoms with Crippen molar-refractivity contribution in [2.75, 3.05) is 0 Å². The van der Waals surface area contributed by atoms with Crippen molar-refractivity contribution in [3.8, 4) is 0 Å². The van der Waals surface area contributed by atoms with E-state index in [-0.39, 0.29) is 28.9 Å². The number of hydrogen-bond donors (Lipinski definition) is 1. The molecule has 0 bridgehead atoms. The highest BCUT2D eigenvalue weighted by Crippen LogP contribution is 2.36. The molecule has 0 amide bonds. The van der Waals surface area contributed by atoms with Crippen molar-refractivity contribution in [1.29, 1.82) is 0 Å². The molecule has 1 N–H and O–H groups in total. The Bertz CT molecular complexity index is 1020. The second-order valence-electron chi connectivity index (χ2n) is 6.49. The Labute approximate surface area is 171 Å². The lowest BCUT2D eigenvalue weighted by molar-refractivity contribution is 0.513. The summed E-state index contributed by atoms with van der Waals surface area (Å²) in [5.74, 6) is -1.54. The first kappa shape index (κ1) is 20.0. The molecule has 0 saturated carbocycles. The smallest absolute Gasteiger partial charge is 0.177 e. The highest BCUT2D eigenvalue weighted by molar-refractivity contribution is 7.71. The number of halogens is 4. The SMILES string of the molecule is Cl.Fc1ccc(Cl)c(F)c1[C@@H]1Cc2c(CCc3cccnc3)[nH]c(=S)n2C1. The third kappa shape index (κ3) is 3.79. The first-order valence-corrected chi connectivity index (χ1v) is 9.16. The fraction of sp³-hybridized carbons (Fsp3) is 0.263.